The van der Waals surface area contributed by atoms with Crippen molar-refractivity contribution in [3.63, 3.8) is 0 Å². The first-order valence-corrected chi connectivity index (χ1v) is 8.53. The summed E-state index contributed by atoms with van der Waals surface area (Å²) in [5.74, 6) is -1.64. The van der Waals surface area contributed by atoms with Crippen LogP contribution in [-0.4, -0.2) is 91.4 Å². The van der Waals surface area contributed by atoms with E-state index < -0.39 is 31.1 Å². The van der Waals surface area contributed by atoms with Crippen molar-refractivity contribution in [2.24, 2.45) is 0 Å². The van der Waals surface area contributed by atoms with Gasteiger partial charge >= 0.3 is 11.9 Å². The predicted octanol–water partition coefficient (Wildman–Crippen LogP) is 0.103. The predicted molar refractivity (Wildman–Crippen MR) is 96.1 cm³/mol. The third-order valence-electron chi connectivity index (χ3n) is 3.73. The number of ether oxygens (including phenoxy) is 3. The maximum absolute atomic E-state index is 10.9. The Morgan fingerprint density at radius 2 is 1.59 bits per heavy atom. The number of carbonyl (C=O) groups is 2. The van der Waals surface area contributed by atoms with Crippen LogP contribution in [0.3, 0.4) is 0 Å². The van der Waals surface area contributed by atoms with E-state index in [1.807, 2.05) is 0 Å². The maximum atomic E-state index is 10.9. The molecule has 1 aromatic carbocycles. The van der Waals surface area contributed by atoms with Gasteiger partial charge in [0, 0.05) is 13.2 Å². The number of rotatable bonds is 15. The molecule has 0 heterocycles. The number of nitrogens with zero attached hydrogens (tertiary/aromatic N) is 1. The van der Waals surface area contributed by atoms with Gasteiger partial charge in [0.15, 0.2) is 0 Å². The van der Waals surface area contributed by atoms with E-state index >= 15 is 0 Å². The molecule has 27 heavy (non-hydrogen) atoms. The topological polar surface area (TPSA) is 126 Å². The summed E-state index contributed by atoms with van der Waals surface area (Å²) in [6.07, 6.45) is 0.317. The maximum Gasteiger partial charge on any atom is 0.317 e. The number of benzene rings is 1. The molecule has 9 heteroatoms. The van der Waals surface area contributed by atoms with Crippen LogP contribution in [0, 0.1) is 0 Å². The van der Waals surface area contributed by atoms with Gasteiger partial charge in [-0.3, -0.25) is 14.5 Å². The minimum Gasteiger partial charge on any atom is -0.491 e. The lowest BCUT2D eigenvalue weighted by atomic mass is 10.0. The van der Waals surface area contributed by atoms with Crippen LogP contribution in [-0.2, 0) is 25.5 Å². The fraction of sp³-hybridized carbons (Fsp3) is 0.556. The molecule has 0 saturated carbocycles. The van der Waals surface area contributed by atoms with Crippen molar-refractivity contribution in [1.82, 2.24) is 4.90 Å². The zero-order chi connectivity index (χ0) is 20.1. The lowest BCUT2D eigenvalue weighted by molar-refractivity contribution is -0.143. The number of aliphatic hydroxyl groups is 1. The molecule has 0 aliphatic rings. The van der Waals surface area contributed by atoms with Crippen LogP contribution < -0.4 is 4.74 Å². The molecule has 1 unspecified atom stereocenters. The van der Waals surface area contributed by atoms with Crippen LogP contribution in [0.15, 0.2) is 24.3 Å². The van der Waals surface area contributed by atoms with E-state index in [4.69, 9.17) is 24.4 Å². The number of aliphatic hydroxyl groups excluding tert-OH is 1. The van der Waals surface area contributed by atoms with Crippen LogP contribution in [0.2, 0.25) is 0 Å². The summed E-state index contributed by atoms with van der Waals surface area (Å²) in [7, 11) is 1.60. The summed E-state index contributed by atoms with van der Waals surface area (Å²) in [6, 6.07) is 6.50. The van der Waals surface area contributed by atoms with Gasteiger partial charge in [0.2, 0.25) is 0 Å². The number of carboxylic acids is 2. The van der Waals surface area contributed by atoms with E-state index in [0.29, 0.717) is 38.6 Å². The molecule has 1 rings (SSSR count). The first kappa shape index (κ1) is 22.8. The van der Waals surface area contributed by atoms with Crippen molar-refractivity contribution in [2.75, 3.05) is 53.2 Å². The number of methoxy groups -OCH3 is 1. The zero-order valence-electron chi connectivity index (χ0n) is 15.4. The summed E-state index contributed by atoms with van der Waals surface area (Å²) in [6.45, 7) is 0.609. The summed E-state index contributed by atoms with van der Waals surface area (Å²) < 4.78 is 15.7. The van der Waals surface area contributed by atoms with Gasteiger partial charge in [0.25, 0.3) is 0 Å². The Hall–Kier alpha value is -2.20. The van der Waals surface area contributed by atoms with Crippen molar-refractivity contribution in [3.05, 3.63) is 29.8 Å². The van der Waals surface area contributed by atoms with Gasteiger partial charge in [-0.2, -0.15) is 0 Å². The molecule has 0 amide bonds. The highest BCUT2D eigenvalue weighted by Gasteiger charge is 2.23. The molecule has 1 aromatic rings. The van der Waals surface area contributed by atoms with E-state index in [2.05, 4.69) is 0 Å². The molecule has 0 aromatic heterocycles. The Labute approximate surface area is 158 Å². The summed E-state index contributed by atoms with van der Waals surface area (Å²) in [4.78, 5) is 23.1. The van der Waals surface area contributed by atoms with Crippen molar-refractivity contribution in [2.45, 2.75) is 12.5 Å². The molecule has 0 aliphatic carbocycles. The standard InChI is InChI=1S/C18H27NO8/c1-25-6-7-26-8-9-27-16-4-2-14(3-5-16)10-15(13-20)19(11-17(21)22)12-18(23)24/h2-5,15,20H,6-13H2,1H3,(H,21,22)(H,23,24). The van der Waals surface area contributed by atoms with E-state index in [1.165, 1.54) is 4.90 Å². The van der Waals surface area contributed by atoms with Gasteiger partial charge in [0.1, 0.15) is 12.4 Å². The lowest BCUT2D eigenvalue weighted by Crippen LogP contribution is -2.45. The number of hydrogen-bond acceptors (Lipinski definition) is 7. The number of carboxylic acid groups (broad SMARTS) is 2. The molecule has 1 atom stereocenters. The van der Waals surface area contributed by atoms with Crippen LogP contribution in [0.5, 0.6) is 5.75 Å². The van der Waals surface area contributed by atoms with Crippen LogP contribution in [0.25, 0.3) is 0 Å². The quantitative estimate of drug-likeness (QED) is 0.360. The smallest absolute Gasteiger partial charge is 0.317 e. The molecule has 0 bridgehead atoms. The third kappa shape index (κ3) is 9.90. The second kappa shape index (κ2) is 13.0. The summed E-state index contributed by atoms with van der Waals surface area (Å²) in [5.41, 5.74) is 0.832. The van der Waals surface area contributed by atoms with Crippen LogP contribution >= 0.6 is 0 Å². The molecular weight excluding hydrogens is 358 g/mol. The van der Waals surface area contributed by atoms with Gasteiger partial charge in [-0.15, -0.1) is 0 Å². The van der Waals surface area contributed by atoms with Crippen LogP contribution in [0.4, 0.5) is 0 Å². The molecule has 152 valence electrons. The van der Waals surface area contributed by atoms with Gasteiger partial charge in [-0.1, -0.05) is 12.1 Å². The molecule has 0 aliphatic heterocycles. The summed E-state index contributed by atoms with van der Waals surface area (Å²) >= 11 is 0. The minimum absolute atomic E-state index is 0.317. The first-order valence-electron chi connectivity index (χ1n) is 8.53. The molecule has 9 nitrogen and oxygen atoms in total. The highest BCUT2D eigenvalue weighted by Crippen LogP contribution is 2.15. The lowest BCUT2D eigenvalue weighted by Gasteiger charge is -2.27. The minimum atomic E-state index is -1.15. The van der Waals surface area contributed by atoms with E-state index in [1.54, 1.807) is 31.4 Å². The van der Waals surface area contributed by atoms with Gasteiger partial charge in [-0.05, 0) is 24.1 Å². The van der Waals surface area contributed by atoms with E-state index in [-0.39, 0.29) is 6.61 Å². The molecular formula is C18H27NO8. The zero-order valence-corrected chi connectivity index (χ0v) is 15.4. The van der Waals surface area contributed by atoms with Crippen molar-refractivity contribution in [1.29, 1.82) is 0 Å². The third-order valence-corrected chi connectivity index (χ3v) is 3.73. The van der Waals surface area contributed by atoms with Crippen molar-refractivity contribution in [3.8, 4) is 5.75 Å². The Balaban J connectivity index is 2.55. The average molecular weight is 385 g/mol. The first-order chi connectivity index (χ1) is 13.0. The Bertz CT molecular complexity index is 547. The summed E-state index contributed by atoms with van der Waals surface area (Å²) in [5, 5.41) is 27.5. The molecule has 0 spiro atoms. The average Bonchev–Trinajstić information content (AvgIpc) is 2.62. The van der Waals surface area contributed by atoms with Gasteiger partial charge in [-0.25, -0.2) is 0 Å². The van der Waals surface area contributed by atoms with Gasteiger partial charge in [0.05, 0.1) is 39.5 Å². The fourth-order valence-corrected chi connectivity index (χ4v) is 2.43. The van der Waals surface area contributed by atoms with E-state index in [0.717, 1.165) is 5.56 Å². The molecule has 3 N–H and O–H groups in total. The SMILES string of the molecule is COCCOCCOc1ccc(CC(CO)N(CC(=O)O)CC(=O)O)cc1. The Kier molecular flexibility index (Phi) is 11.0. The van der Waals surface area contributed by atoms with E-state index in [9.17, 15) is 14.7 Å². The van der Waals surface area contributed by atoms with Crippen molar-refractivity contribution < 1.29 is 39.1 Å². The van der Waals surface area contributed by atoms with Crippen molar-refractivity contribution >= 4 is 11.9 Å². The number of hydrogen-bond donors (Lipinski definition) is 3. The van der Waals surface area contributed by atoms with Crippen LogP contribution in [0.1, 0.15) is 5.56 Å². The normalized spacial score (nSPS) is 12.1. The molecule has 0 saturated heterocycles. The number of aliphatic carboxylic acids is 2. The van der Waals surface area contributed by atoms with Gasteiger partial charge < -0.3 is 29.5 Å². The highest BCUT2D eigenvalue weighted by atomic mass is 16.5. The second-order valence-electron chi connectivity index (χ2n) is 5.83. The molecule has 0 radical (unpaired) electrons. The largest absolute Gasteiger partial charge is 0.491 e. The monoisotopic (exact) mass is 385 g/mol. The molecule has 0 fully saturated rings. The highest BCUT2D eigenvalue weighted by molar-refractivity contribution is 5.72. The Morgan fingerprint density at radius 3 is 2.11 bits per heavy atom. The second-order valence-corrected chi connectivity index (χ2v) is 5.83. The Morgan fingerprint density at radius 1 is 1.00 bits per heavy atom. The fourth-order valence-electron chi connectivity index (χ4n) is 2.43.